The maximum atomic E-state index is 13.0. The van der Waals surface area contributed by atoms with E-state index in [0.29, 0.717) is 6.04 Å². The number of halogens is 1. The van der Waals surface area contributed by atoms with Crippen molar-refractivity contribution in [1.29, 1.82) is 0 Å². The maximum Gasteiger partial charge on any atom is 0.254 e. The Morgan fingerprint density at radius 1 is 1.17 bits per heavy atom. The van der Waals surface area contributed by atoms with Crippen molar-refractivity contribution in [2.45, 2.75) is 38.1 Å². The fraction of sp³-hybridized carbons (Fsp3) is 0.632. The molecule has 3 rings (SSSR count). The molecular weight excluding hydrogens is 322 g/mol. The molecular formula is C19H30ClN3O. The molecule has 4 nitrogen and oxygen atoms in total. The summed E-state index contributed by atoms with van der Waals surface area (Å²) in [7, 11) is 1.95. The van der Waals surface area contributed by atoms with Gasteiger partial charge in [-0.25, -0.2) is 0 Å². The predicted molar refractivity (Wildman–Crippen MR) is 101 cm³/mol. The summed E-state index contributed by atoms with van der Waals surface area (Å²) in [5.41, 5.74) is 2.06. The van der Waals surface area contributed by atoms with Gasteiger partial charge in [-0.1, -0.05) is 18.2 Å². The van der Waals surface area contributed by atoms with Crippen molar-refractivity contribution in [2.75, 3.05) is 39.8 Å². The van der Waals surface area contributed by atoms with Gasteiger partial charge in [0.05, 0.1) is 0 Å². The van der Waals surface area contributed by atoms with E-state index in [0.717, 1.165) is 43.6 Å². The van der Waals surface area contributed by atoms with Crippen LogP contribution in [0.5, 0.6) is 0 Å². The lowest BCUT2D eigenvalue weighted by atomic mass is 10.00. The quantitative estimate of drug-likeness (QED) is 0.885. The van der Waals surface area contributed by atoms with E-state index in [4.69, 9.17) is 0 Å². The Hall–Kier alpha value is -1.10. The van der Waals surface area contributed by atoms with Gasteiger partial charge in [-0.05, 0) is 70.4 Å². The molecule has 2 fully saturated rings. The van der Waals surface area contributed by atoms with Crippen molar-refractivity contribution in [1.82, 2.24) is 15.1 Å². The highest BCUT2D eigenvalue weighted by Gasteiger charge is 2.30. The fourth-order valence-electron chi connectivity index (χ4n) is 3.92. The monoisotopic (exact) mass is 351 g/mol. The van der Waals surface area contributed by atoms with Crippen molar-refractivity contribution < 1.29 is 4.79 Å². The number of nitrogens with zero attached hydrogens (tertiary/aromatic N) is 2. The Labute approximate surface area is 152 Å². The summed E-state index contributed by atoms with van der Waals surface area (Å²) in [5.74, 6) is 0.223. The second kappa shape index (κ2) is 9.40. The molecule has 0 saturated carbocycles. The van der Waals surface area contributed by atoms with Crippen LogP contribution in [-0.4, -0.2) is 61.5 Å². The first-order chi connectivity index (χ1) is 11.3. The van der Waals surface area contributed by atoms with Crippen LogP contribution in [0, 0.1) is 0 Å². The van der Waals surface area contributed by atoms with Crippen LogP contribution < -0.4 is 5.32 Å². The number of piperidine rings is 1. The maximum absolute atomic E-state index is 13.0. The molecule has 1 N–H and O–H groups in total. The van der Waals surface area contributed by atoms with E-state index in [1.807, 2.05) is 25.2 Å². The van der Waals surface area contributed by atoms with Gasteiger partial charge >= 0.3 is 0 Å². The van der Waals surface area contributed by atoms with E-state index in [1.54, 1.807) is 0 Å². The Morgan fingerprint density at radius 2 is 1.92 bits per heavy atom. The molecule has 1 amide bonds. The summed E-state index contributed by atoms with van der Waals surface area (Å²) >= 11 is 0. The standard InChI is InChI=1S/C19H29N3O.ClH/c1-20-11-10-16-7-2-3-9-18(16)19(23)22-14-6-8-17(15-22)21-12-4-5-13-21;/h2-3,7,9,17,20H,4-6,8,10-15H2,1H3;1H. The highest BCUT2D eigenvalue weighted by atomic mass is 35.5. The summed E-state index contributed by atoms with van der Waals surface area (Å²) in [4.78, 5) is 17.7. The normalized spacial score (nSPS) is 21.5. The van der Waals surface area contributed by atoms with Gasteiger partial charge in [0.15, 0.2) is 0 Å². The van der Waals surface area contributed by atoms with Crippen LogP contribution in [0.3, 0.4) is 0 Å². The summed E-state index contributed by atoms with van der Waals surface area (Å²) in [6, 6.07) is 8.67. The van der Waals surface area contributed by atoms with E-state index in [9.17, 15) is 4.79 Å². The smallest absolute Gasteiger partial charge is 0.254 e. The molecule has 2 aliphatic rings. The minimum atomic E-state index is 0. The lowest BCUT2D eigenvalue weighted by Crippen LogP contribution is -2.49. The van der Waals surface area contributed by atoms with Crippen LogP contribution in [0.2, 0.25) is 0 Å². The lowest BCUT2D eigenvalue weighted by Gasteiger charge is -2.37. The average Bonchev–Trinajstić information content (AvgIpc) is 3.14. The summed E-state index contributed by atoms with van der Waals surface area (Å²) < 4.78 is 0. The SMILES string of the molecule is CNCCc1ccccc1C(=O)N1CCCC(N2CCCC2)C1.Cl. The van der Waals surface area contributed by atoms with E-state index in [2.05, 4.69) is 21.2 Å². The van der Waals surface area contributed by atoms with Crippen molar-refractivity contribution in [3.8, 4) is 0 Å². The Balaban J connectivity index is 0.00000208. The molecule has 5 heteroatoms. The van der Waals surface area contributed by atoms with E-state index in [-0.39, 0.29) is 18.3 Å². The van der Waals surface area contributed by atoms with Gasteiger partial charge in [0.2, 0.25) is 0 Å². The van der Waals surface area contributed by atoms with Crippen molar-refractivity contribution in [2.24, 2.45) is 0 Å². The molecule has 0 radical (unpaired) electrons. The van der Waals surface area contributed by atoms with Crippen LogP contribution in [0.4, 0.5) is 0 Å². The molecule has 2 saturated heterocycles. The third-order valence-electron chi connectivity index (χ3n) is 5.23. The van der Waals surface area contributed by atoms with Gasteiger partial charge < -0.3 is 10.2 Å². The van der Waals surface area contributed by atoms with Crippen LogP contribution >= 0.6 is 12.4 Å². The zero-order valence-corrected chi connectivity index (χ0v) is 15.5. The molecule has 1 aromatic rings. The largest absolute Gasteiger partial charge is 0.337 e. The van der Waals surface area contributed by atoms with Gasteiger partial charge in [0.25, 0.3) is 5.91 Å². The lowest BCUT2D eigenvalue weighted by molar-refractivity contribution is 0.0607. The van der Waals surface area contributed by atoms with Gasteiger partial charge in [-0.15, -0.1) is 12.4 Å². The number of rotatable bonds is 5. The third kappa shape index (κ3) is 4.50. The van der Waals surface area contributed by atoms with Gasteiger partial charge in [0.1, 0.15) is 0 Å². The van der Waals surface area contributed by atoms with Crippen molar-refractivity contribution in [3.05, 3.63) is 35.4 Å². The molecule has 1 atom stereocenters. The van der Waals surface area contributed by atoms with Crippen molar-refractivity contribution >= 4 is 18.3 Å². The van der Waals surface area contributed by atoms with Gasteiger partial charge in [0, 0.05) is 24.7 Å². The highest BCUT2D eigenvalue weighted by molar-refractivity contribution is 5.95. The zero-order valence-electron chi connectivity index (χ0n) is 14.7. The Morgan fingerprint density at radius 3 is 2.67 bits per heavy atom. The molecule has 0 bridgehead atoms. The molecule has 1 aromatic carbocycles. The van der Waals surface area contributed by atoms with Crippen molar-refractivity contribution in [3.63, 3.8) is 0 Å². The average molecular weight is 352 g/mol. The molecule has 2 heterocycles. The van der Waals surface area contributed by atoms with Crippen LogP contribution in [0.1, 0.15) is 41.6 Å². The number of hydrogen-bond acceptors (Lipinski definition) is 3. The second-order valence-electron chi connectivity index (χ2n) is 6.80. The second-order valence-corrected chi connectivity index (χ2v) is 6.80. The number of hydrogen-bond donors (Lipinski definition) is 1. The van der Waals surface area contributed by atoms with Crippen LogP contribution in [0.25, 0.3) is 0 Å². The zero-order chi connectivity index (χ0) is 16.1. The van der Waals surface area contributed by atoms with Crippen LogP contribution in [-0.2, 0) is 6.42 Å². The molecule has 134 valence electrons. The molecule has 0 aromatic heterocycles. The molecule has 0 aliphatic carbocycles. The number of carbonyl (C=O) groups excluding carboxylic acids is 1. The molecule has 2 aliphatic heterocycles. The number of nitrogens with one attached hydrogen (secondary N) is 1. The fourth-order valence-corrected chi connectivity index (χ4v) is 3.92. The minimum absolute atomic E-state index is 0. The number of likely N-dealkylation sites (tertiary alicyclic amines) is 2. The van der Waals surface area contributed by atoms with Gasteiger partial charge in [-0.2, -0.15) is 0 Å². The predicted octanol–water partition coefficient (Wildman–Crippen LogP) is 2.57. The minimum Gasteiger partial charge on any atom is -0.337 e. The van der Waals surface area contributed by atoms with E-state index in [1.165, 1.54) is 32.4 Å². The van der Waals surface area contributed by atoms with E-state index >= 15 is 0 Å². The van der Waals surface area contributed by atoms with Gasteiger partial charge in [-0.3, -0.25) is 9.69 Å². The molecule has 0 spiro atoms. The number of amides is 1. The highest BCUT2D eigenvalue weighted by Crippen LogP contribution is 2.22. The Kier molecular flexibility index (Phi) is 7.53. The summed E-state index contributed by atoms with van der Waals surface area (Å²) in [6.45, 7) is 5.14. The first-order valence-electron chi connectivity index (χ1n) is 9.05. The Bertz CT molecular complexity index is 531. The van der Waals surface area contributed by atoms with Crippen LogP contribution in [0.15, 0.2) is 24.3 Å². The third-order valence-corrected chi connectivity index (χ3v) is 5.23. The molecule has 24 heavy (non-hydrogen) atoms. The summed E-state index contributed by atoms with van der Waals surface area (Å²) in [5, 5.41) is 3.17. The first kappa shape index (κ1) is 19.2. The number of carbonyl (C=O) groups is 1. The molecule has 1 unspecified atom stereocenters. The number of likely N-dealkylation sites (N-methyl/N-ethyl adjacent to an activating group) is 1. The topological polar surface area (TPSA) is 35.6 Å². The number of benzene rings is 1. The summed E-state index contributed by atoms with van der Waals surface area (Å²) in [6.07, 6.45) is 5.91. The first-order valence-corrected chi connectivity index (χ1v) is 9.05. The van der Waals surface area contributed by atoms with E-state index < -0.39 is 0 Å².